The second-order valence-corrected chi connectivity index (χ2v) is 3.02. The highest BCUT2D eigenvalue weighted by Crippen LogP contribution is 2.33. The van der Waals surface area contributed by atoms with Crippen molar-refractivity contribution in [3.63, 3.8) is 0 Å². The smallest absolute Gasteiger partial charge is 0.0820 e. The third kappa shape index (κ3) is 1.48. The van der Waals surface area contributed by atoms with Crippen LogP contribution in [0.3, 0.4) is 0 Å². The number of rotatable bonds is 3. The molecular formula is C7H15NO2. The zero-order valence-electron chi connectivity index (χ0n) is 6.55. The van der Waals surface area contributed by atoms with E-state index in [1.165, 1.54) is 0 Å². The van der Waals surface area contributed by atoms with Crippen LogP contribution in [-0.4, -0.2) is 37.5 Å². The van der Waals surface area contributed by atoms with Gasteiger partial charge in [-0.2, -0.15) is 0 Å². The Kier molecular flexibility index (Phi) is 2.28. The SMILES string of the molecule is CNCC1(O)CC(OC)C1. The van der Waals surface area contributed by atoms with Gasteiger partial charge in [-0.15, -0.1) is 0 Å². The summed E-state index contributed by atoms with van der Waals surface area (Å²) < 4.78 is 5.04. The van der Waals surface area contributed by atoms with E-state index >= 15 is 0 Å². The highest BCUT2D eigenvalue weighted by molar-refractivity contribution is 4.96. The Morgan fingerprint density at radius 3 is 2.70 bits per heavy atom. The predicted molar refractivity (Wildman–Crippen MR) is 38.9 cm³/mol. The Labute approximate surface area is 61.4 Å². The van der Waals surface area contributed by atoms with Crippen LogP contribution < -0.4 is 5.32 Å². The van der Waals surface area contributed by atoms with Gasteiger partial charge in [0.25, 0.3) is 0 Å². The van der Waals surface area contributed by atoms with Crippen LogP contribution in [0.15, 0.2) is 0 Å². The van der Waals surface area contributed by atoms with Crippen LogP contribution in [-0.2, 0) is 4.74 Å². The summed E-state index contributed by atoms with van der Waals surface area (Å²) in [7, 11) is 3.53. The molecular weight excluding hydrogens is 130 g/mol. The molecule has 1 saturated carbocycles. The molecule has 1 fully saturated rings. The van der Waals surface area contributed by atoms with Gasteiger partial charge in [0, 0.05) is 26.5 Å². The second kappa shape index (κ2) is 2.86. The van der Waals surface area contributed by atoms with E-state index in [1.54, 1.807) is 7.11 Å². The second-order valence-electron chi connectivity index (χ2n) is 3.02. The van der Waals surface area contributed by atoms with E-state index in [9.17, 15) is 5.11 Å². The average molecular weight is 145 g/mol. The third-order valence-corrected chi connectivity index (χ3v) is 2.05. The fourth-order valence-electron chi connectivity index (χ4n) is 1.43. The Balaban J connectivity index is 2.20. The van der Waals surface area contributed by atoms with Gasteiger partial charge >= 0.3 is 0 Å². The van der Waals surface area contributed by atoms with Crippen molar-refractivity contribution in [3.05, 3.63) is 0 Å². The lowest BCUT2D eigenvalue weighted by Gasteiger charge is -2.42. The molecule has 0 aromatic rings. The van der Waals surface area contributed by atoms with Crippen molar-refractivity contribution in [2.24, 2.45) is 0 Å². The lowest BCUT2D eigenvalue weighted by molar-refractivity contribution is -0.124. The van der Waals surface area contributed by atoms with Crippen LogP contribution in [0.2, 0.25) is 0 Å². The van der Waals surface area contributed by atoms with Crippen molar-refractivity contribution in [1.82, 2.24) is 5.32 Å². The van der Waals surface area contributed by atoms with Gasteiger partial charge in [0.05, 0.1) is 11.7 Å². The van der Waals surface area contributed by atoms with Crippen molar-refractivity contribution in [3.8, 4) is 0 Å². The summed E-state index contributed by atoms with van der Waals surface area (Å²) >= 11 is 0. The summed E-state index contributed by atoms with van der Waals surface area (Å²) in [4.78, 5) is 0. The van der Waals surface area contributed by atoms with E-state index in [4.69, 9.17) is 4.74 Å². The maximum Gasteiger partial charge on any atom is 0.0820 e. The summed E-state index contributed by atoms with van der Waals surface area (Å²) in [6.45, 7) is 0.673. The van der Waals surface area contributed by atoms with Crippen LogP contribution in [0, 0.1) is 0 Å². The fourth-order valence-corrected chi connectivity index (χ4v) is 1.43. The summed E-state index contributed by atoms with van der Waals surface area (Å²) in [6.07, 6.45) is 1.81. The first-order valence-electron chi connectivity index (χ1n) is 3.60. The first kappa shape index (κ1) is 7.98. The first-order chi connectivity index (χ1) is 4.70. The molecule has 0 atom stereocenters. The summed E-state index contributed by atoms with van der Waals surface area (Å²) in [6, 6.07) is 0. The predicted octanol–water partition coefficient (Wildman–Crippen LogP) is -0.254. The molecule has 0 aromatic heterocycles. The molecule has 0 bridgehead atoms. The monoisotopic (exact) mass is 145 g/mol. The maximum absolute atomic E-state index is 9.57. The number of hydrogen-bond acceptors (Lipinski definition) is 3. The highest BCUT2D eigenvalue weighted by atomic mass is 16.5. The van der Waals surface area contributed by atoms with E-state index in [-0.39, 0.29) is 6.10 Å². The van der Waals surface area contributed by atoms with Crippen molar-refractivity contribution in [2.45, 2.75) is 24.5 Å². The van der Waals surface area contributed by atoms with Gasteiger partial charge in [-0.1, -0.05) is 0 Å². The molecule has 3 heteroatoms. The topological polar surface area (TPSA) is 41.5 Å². The van der Waals surface area contributed by atoms with Gasteiger partial charge in [-0.3, -0.25) is 0 Å². The number of likely N-dealkylation sites (N-methyl/N-ethyl adjacent to an activating group) is 1. The lowest BCUT2D eigenvalue weighted by atomic mass is 9.77. The lowest BCUT2D eigenvalue weighted by Crippen LogP contribution is -2.53. The molecule has 60 valence electrons. The van der Waals surface area contributed by atoms with Gasteiger partial charge in [-0.25, -0.2) is 0 Å². The molecule has 0 aromatic carbocycles. The zero-order chi connectivity index (χ0) is 7.61. The summed E-state index contributed by atoms with van der Waals surface area (Å²) in [5.41, 5.74) is -0.491. The molecule has 0 radical (unpaired) electrons. The average Bonchev–Trinajstić information content (AvgIpc) is 1.83. The van der Waals surface area contributed by atoms with Gasteiger partial charge in [0.2, 0.25) is 0 Å². The minimum absolute atomic E-state index is 0.276. The largest absolute Gasteiger partial charge is 0.388 e. The molecule has 1 aliphatic rings. The molecule has 0 heterocycles. The van der Waals surface area contributed by atoms with Crippen LogP contribution in [0.5, 0.6) is 0 Å². The quantitative estimate of drug-likeness (QED) is 0.575. The zero-order valence-corrected chi connectivity index (χ0v) is 6.55. The van der Waals surface area contributed by atoms with E-state index in [0.717, 1.165) is 12.8 Å². The minimum atomic E-state index is -0.491. The number of methoxy groups -OCH3 is 1. The van der Waals surface area contributed by atoms with Crippen LogP contribution in [0.4, 0.5) is 0 Å². The molecule has 2 N–H and O–H groups in total. The highest BCUT2D eigenvalue weighted by Gasteiger charge is 2.42. The molecule has 0 saturated heterocycles. The van der Waals surface area contributed by atoms with Crippen LogP contribution in [0.25, 0.3) is 0 Å². The normalized spacial score (nSPS) is 39.3. The standard InChI is InChI=1S/C7H15NO2/c1-8-5-7(9)3-6(4-7)10-2/h6,8-9H,3-5H2,1-2H3. The van der Waals surface area contributed by atoms with Gasteiger partial charge in [0.15, 0.2) is 0 Å². The molecule has 1 aliphatic carbocycles. The summed E-state index contributed by atoms with van der Waals surface area (Å²) in [5, 5.41) is 12.5. The molecule has 0 amide bonds. The van der Waals surface area contributed by atoms with Gasteiger partial charge in [0.1, 0.15) is 0 Å². The Morgan fingerprint density at radius 1 is 1.70 bits per heavy atom. The first-order valence-corrected chi connectivity index (χ1v) is 3.60. The van der Waals surface area contributed by atoms with Crippen LogP contribution in [0.1, 0.15) is 12.8 Å². The number of nitrogens with one attached hydrogen (secondary N) is 1. The minimum Gasteiger partial charge on any atom is -0.388 e. The fraction of sp³-hybridized carbons (Fsp3) is 1.00. The van der Waals surface area contributed by atoms with E-state index in [2.05, 4.69) is 5.32 Å². The van der Waals surface area contributed by atoms with Crippen LogP contribution >= 0.6 is 0 Å². The van der Waals surface area contributed by atoms with Crippen molar-refractivity contribution >= 4 is 0 Å². The van der Waals surface area contributed by atoms with E-state index in [0.29, 0.717) is 6.54 Å². The summed E-state index contributed by atoms with van der Waals surface area (Å²) in [5.74, 6) is 0. The van der Waals surface area contributed by atoms with Crippen molar-refractivity contribution in [2.75, 3.05) is 20.7 Å². The molecule has 10 heavy (non-hydrogen) atoms. The molecule has 0 unspecified atom stereocenters. The van der Waals surface area contributed by atoms with E-state index < -0.39 is 5.60 Å². The Morgan fingerprint density at radius 2 is 2.30 bits per heavy atom. The Bertz CT molecular complexity index is 110. The molecule has 0 spiro atoms. The Hall–Kier alpha value is -0.120. The molecule has 3 nitrogen and oxygen atoms in total. The van der Waals surface area contributed by atoms with E-state index in [1.807, 2.05) is 7.05 Å². The number of ether oxygens (including phenoxy) is 1. The molecule has 1 rings (SSSR count). The maximum atomic E-state index is 9.57. The number of aliphatic hydroxyl groups is 1. The van der Waals surface area contributed by atoms with Crippen molar-refractivity contribution < 1.29 is 9.84 Å². The third-order valence-electron chi connectivity index (χ3n) is 2.05. The van der Waals surface area contributed by atoms with Gasteiger partial charge < -0.3 is 15.2 Å². The van der Waals surface area contributed by atoms with Crippen molar-refractivity contribution in [1.29, 1.82) is 0 Å². The van der Waals surface area contributed by atoms with Gasteiger partial charge in [-0.05, 0) is 7.05 Å². The molecule has 0 aliphatic heterocycles. The number of hydrogen-bond donors (Lipinski definition) is 2.